The zero-order valence-electron chi connectivity index (χ0n) is 12.8. The average molecular weight is 336 g/mol. The molecule has 0 aromatic heterocycles. The van der Waals surface area contributed by atoms with Crippen molar-refractivity contribution in [1.82, 2.24) is 0 Å². The second kappa shape index (κ2) is 9.30. The Labute approximate surface area is 170 Å². The summed E-state index contributed by atoms with van der Waals surface area (Å²) in [6.07, 6.45) is 1.79. The zero-order chi connectivity index (χ0) is 15.3. The van der Waals surface area contributed by atoms with Crippen molar-refractivity contribution in [2.45, 2.75) is 12.8 Å². The molecule has 0 heterocycles. The normalized spacial score (nSPS) is 11.3. The third kappa shape index (κ3) is 5.87. The van der Waals surface area contributed by atoms with E-state index in [-0.39, 0.29) is 51.4 Å². The van der Waals surface area contributed by atoms with E-state index in [0.717, 1.165) is 24.3 Å². The van der Waals surface area contributed by atoms with Gasteiger partial charge in [-0.2, -0.15) is 0 Å². The van der Waals surface area contributed by atoms with E-state index in [0.29, 0.717) is 24.3 Å². The molecule has 2 rings (SSSR count). The van der Waals surface area contributed by atoms with E-state index < -0.39 is 12.4 Å². The molecule has 0 bridgehead atoms. The van der Waals surface area contributed by atoms with Crippen LogP contribution in [0.2, 0.25) is 0 Å². The van der Waals surface area contributed by atoms with Gasteiger partial charge in [0, 0.05) is 13.7 Å². The van der Waals surface area contributed by atoms with E-state index in [1.165, 1.54) is 12.1 Å². The first kappa shape index (κ1) is 20.0. The average Bonchev–Trinajstić information content (AvgIpc) is 2.45. The van der Waals surface area contributed by atoms with Gasteiger partial charge in [-0.05, 0) is 35.7 Å². The Kier molecular flexibility index (Phi) is 8.45. The fraction of sp³-hybridized carbons (Fsp3) is 0.333. The minimum Gasteiger partial charge on any atom is -0.494 e. The first-order chi connectivity index (χ1) is 10.0. The van der Waals surface area contributed by atoms with Gasteiger partial charge in [0.1, 0.15) is 5.75 Å². The van der Waals surface area contributed by atoms with Crippen LogP contribution < -0.4 is 61.6 Å². The Hall–Kier alpha value is -0.0487. The number of rotatable bonds is 7. The zero-order valence-corrected chi connectivity index (χ0v) is 15.9. The molecule has 114 valence electrons. The molecule has 0 amide bonds. The summed E-state index contributed by atoms with van der Waals surface area (Å²) in [5.74, 6) is 0.671. The third-order valence-electron chi connectivity index (χ3n) is 3.23. The number of unbranched alkanes of at least 4 members (excludes halogenated alkanes) is 1. The smallest absolute Gasteiger partial charge is 0.494 e. The number of hydrogen-bond acceptors (Lipinski definition) is 2. The molecule has 2 nitrogen and oxygen atoms in total. The van der Waals surface area contributed by atoms with E-state index in [9.17, 15) is 12.9 Å². The Morgan fingerprint density at radius 2 is 1.55 bits per heavy atom. The summed E-state index contributed by atoms with van der Waals surface area (Å²) in [5, 5.41) is 1.31. The molecule has 0 fully saturated rings. The second-order valence-electron chi connectivity index (χ2n) is 4.89. The number of hydrogen-bond donors (Lipinski definition) is 0. The van der Waals surface area contributed by atoms with E-state index in [1.807, 2.05) is 0 Å². The van der Waals surface area contributed by atoms with Crippen LogP contribution in [0.15, 0.2) is 36.4 Å². The Balaban J connectivity index is 0.00000242. The Morgan fingerprint density at radius 1 is 0.909 bits per heavy atom. The molecule has 2 aromatic carbocycles. The summed E-state index contributed by atoms with van der Waals surface area (Å²) >= 11 is 0. The molecule has 2 aromatic rings. The van der Waals surface area contributed by atoms with Crippen LogP contribution in [0.25, 0.3) is 10.8 Å². The molecule has 0 radical (unpaired) electrons. The molecule has 0 saturated carbocycles. The summed E-state index contributed by atoms with van der Waals surface area (Å²) in [4.78, 5) is 0. The number of ether oxygens (including phenoxy) is 2. The summed E-state index contributed by atoms with van der Waals surface area (Å²) in [6, 6.07) is 8.90. The second-order valence-corrected chi connectivity index (χ2v) is 4.89. The van der Waals surface area contributed by atoms with E-state index in [1.54, 1.807) is 25.3 Å². The maximum atomic E-state index is 12.7. The number of halogens is 3. The summed E-state index contributed by atoms with van der Waals surface area (Å²) < 4.78 is 48.6. The molecule has 0 atom stereocenters. The fourth-order valence-corrected chi connectivity index (χ4v) is 2.07. The van der Waals surface area contributed by atoms with Gasteiger partial charge in [0.05, 0.1) is 6.61 Å². The standard InChI is InChI=1S/C15H17BF3O2.K/c1-20-8-2-3-9-21-15-7-5-12-10-14(16(17,18)19)6-4-13(12)11-15;/h4-7,10-11H,2-3,8-9H2,1H3;/q-1;+1. The summed E-state index contributed by atoms with van der Waals surface area (Å²) in [7, 11) is 1.65. The van der Waals surface area contributed by atoms with Crippen LogP contribution in [-0.2, 0) is 4.74 Å². The molecular weight excluding hydrogens is 319 g/mol. The van der Waals surface area contributed by atoms with Gasteiger partial charge in [0.2, 0.25) is 0 Å². The number of methoxy groups -OCH3 is 1. The molecule has 0 aliphatic rings. The Morgan fingerprint density at radius 3 is 2.23 bits per heavy atom. The first-order valence-electron chi connectivity index (χ1n) is 6.86. The number of fused-ring (bicyclic) bond motifs is 1. The molecule has 0 spiro atoms. The van der Waals surface area contributed by atoms with Crippen LogP contribution in [0.1, 0.15) is 12.8 Å². The maximum absolute atomic E-state index is 12.7. The predicted molar refractivity (Wildman–Crippen MR) is 79.3 cm³/mol. The summed E-state index contributed by atoms with van der Waals surface area (Å²) in [5.41, 5.74) is -0.573. The van der Waals surface area contributed by atoms with Gasteiger partial charge in [-0.1, -0.05) is 24.3 Å². The third-order valence-corrected chi connectivity index (χ3v) is 3.23. The van der Waals surface area contributed by atoms with Gasteiger partial charge in [-0.15, -0.1) is 5.46 Å². The van der Waals surface area contributed by atoms with Crippen molar-refractivity contribution in [3.05, 3.63) is 36.4 Å². The van der Waals surface area contributed by atoms with Crippen molar-refractivity contribution in [2.24, 2.45) is 0 Å². The van der Waals surface area contributed by atoms with E-state index in [4.69, 9.17) is 9.47 Å². The fourth-order valence-electron chi connectivity index (χ4n) is 2.07. The molecular formula is C15H17BF3KO2. The minimum absolute atomic E-state index is 0. The molecule has 0 aliphatic heterocycles. The molecule has 0 N–H and O–H groups in total. The van der Waals surface area contributed by atoms with Crippen LogP contribution in [0.5, 0.6) is 5.75 Å². The minimum atomic E-state index is -4.96. The predicted octanol–water partition coefficient (Wildman–Crippen LogP) is 0.704. The van der Waals surface area contributed by atoms with Gasteiger partial charge in [-0.25, -0.2) is 0 Å². The van der Waals surface area contributed by atoms with Gasteiger partial charge in [-0.3, -0.25) is 0 Å². The molecule has 0 saturated heterocycles. The van der Waals surface area contributed by atoms with Gasteiger partial charge in [0.15, 0.2) is 0 Å². The van der Waals surface area contributed by atoms with Crippen molar-refractivity contribution in [2.75, 3.05) is 20.3 Å². The van der Waals surface area contributed by atoms with Crippen LogP contribution in [-0.4, -0.2) is 27.3 Å². The maximum Gasteiger partial charge on any atom is 1.00 e. The van der Waals surface area contributed by atoms with Gasteiger partial charge in [0.25, 0.3) is 0 Å². The van der Waals surface area contributed by atoms with Gasteiger partial charge < -0.3 is 22.4 Å². The molecule has 7 heteroatoms. The largest absolute Gasteiger partial charge is 1.00 e. The van der Waals surface area contributed by atoms with Crippen LogP contribution in [0, 0.1) is 0 Å². The molecule has 0 aliphatic carbocycles. The first-order valence-corrected chi connectivity index (χ1v) is 6.86. The van der Waals surface area contributed by atoms with Crippen LogP contribution in [0.3, 0.4) is 0 Å². The van der Waals surface area contributed by atoms with Crippen molar-refractivity contribution in [3.63, 3.8) is 0 Å². The quantitative estimate of drug-likeness (QED) is 0.548. The molecule has 22 heavy (non-hydrogen) atoms. The van der Waals surface area contributed by atoms with Crippen molar-refractivity contribution < 1.29 is 73.8 Å². The van der Waals surface area contributed by atoms with Gasteiger partial charge >= 0.3 is 58.4 Å². The van der Waals surface area contributed by atoms with E-state index >= 15 is 0 Å². The Bertz CT molecular complexity index is 605. The van der Waals surface area contributed by atoms with Crippen LogP contribution >= 0.6 is 0 Å². The molecule has 0 unspecified atom stereocenters. The summed E-state index contributed by atoms with van der Waals surface area (Å²) in [6.45, 7) is -3.69. The monoisotopic (exact) mass is 336 g/mol. The van der Waals surface area contributed by atoms with Crippen molar-refractivity contribution in [1.29, 1.82) is 0 Å². The SMILES string of the molecule is COCCCCOc1ccc2cc([B-](F)(F)F)ccc2c1.[K+]. The number of benzene rings is 2. The topological polar surface area (TPSA) is 18.5 Å². The van der Waals surface area contributed by atoms with Crippen molar-refractivity contribution in [3.8, 4) is 5.75 Å². The van der Waals surface area contributed by atoms with Crippen LogP contribution in [0.4, 0.5) is 12.9 Å². The van der Waals surface area contributed by atoms with E-state index in [2.05, 4.69) is 0 Å². The van der Waals surface area contributed by atoms with Crippen molar-refractivity contribution >= 4 is 23.2 Å².